The summed E-state index contributed by atoms with van der Waals surface area (Å²) in [6.45, 7) is 7.23. The Hall–Kier alpha value is -2.22. The van der Waals surface area contributed by atoms with E-state index in [1.54, 1.807) is 6.07 Å². The quantitative estimate of drug-likeness (QED) is 0.506. The molecule has 0 aliphatic rings. The number of ether oxygens (including phenoxy) is 1. The molecule has 0 atom stereocenters. The van der Waals surface area contributed by atoms with Gasteiger partial charge in [-0.25, -0.2) is 17.5 Å². The Bertz CT molecular complexity index is 1090. The lowest BCUT2D eigenvalue weighted by Gasteiger charge is -2.14. The van der Waals surface area contributed by atoms with E-state index < -0.39 is 22.6 Å². The molecule has 0 saturated carbocycles. The van der Waals surface area contributed by atoms with Gasteiger partial charge in [0.05, 0.1) is 15.5 Å². The van der Waals surface area contributed by atoms with Crippen molar-refractivity contribution in [2.24, 2.45) is 0 Å². The van der Waals surface area contributed by atoms with Gasteiger partial charge in [0.1, 0.15) is 0 Å². The lowest BCUT2D eigenvalue weighted by atomic mass is 9.93. The van der Waals surface area contributed by atoms with Gasteiger partial charge in [-0.05, 0) is 74.2 Å². The summed E-state index contributed by atoms with van der Waals surface area (Å²) < 4.78 is 30.7. The second-order valence-electron chi connectivity index (χ2n) is 7.04. The van der Waals surface area contributed by atoms with Gasteiger partial charge in [-0.15, -0.1) is 0 Å². The summed E-state index contributed by atoms with van der Waals surface area (Å²) in [5.41, 5.74) is 4.33. The van der Waals surface area contributed by atoms with Gasteiger partial charge in [-0.3, -0.25) is 4.79 Å². The number of carbonyl (C=O) groups is 2. The maximum Gasteiger partial charge on any atom is 0.340 e. The van der Waals surface area contributed by atoms with Crippen LogP contribution in [0.5, 0.6) is 0 Å². The Kier molecular flexibility index (Phi) is 6.88. The van der Waals surface area contributed by atoms with Crippen molar-refractivity contribution in [3.63, 3.8) is 0 Å². The molecule has 0 aromatic heterocycles. The lowest BCUT2D eigenvalue weighted by Crippen LogP contribution is -2.23. The van der Waals surface area contributed by atoms with Crippen molar-refractivity contribution in [3.05, 3.63) is 62.7 Å². The van der Waals surface area contributed by atoms with E-state index in [1.165, 1.54) is 26.2 Å². The highest BCUT2D eigenvalue weighted by atomic mass is 35.5. The third-order valence-electron chi connectivity index (χ3n) is 5.05. The van der Waals surface area contributed by atoms with E-state index in [0.717, 1.165) is 32.6 Å². The van der Waals surface area contributed by atoms with Crippen LogP contribution in [0.3, 0.4) is 0 Å². The van der Waals surface area contributed by atoms with Crippen LogP contribution in [0.4, 0.5) is 0 Å². The molecule has 0 unspecified atom stereocenters. The fourth-order valence-electron chi connectivity index (χ4n) is 2.82. The van der Waals surface area contributed by atoms with Gasteiger partial charge < -0.3 is 4.74 Å². The van der Waals surface area contributed by atoms with Crippen LogP contribution in [0.2, 0.25) is 5.02 Å². The largest absolute Gasteiger partial charge is 0.454 e. The summed E-state index contributed by atoms with van der Waals surface area (Å²) in [5.74, 6) is -1.20. The number of sulfonamides is 1. The zero-order valence-electron chi connectivity index (χ0n) is 17.3. The lowest BCUT2D eigenvalue weighted by molar-refractivity contribution is 0.0474. The van der Waals surface area contributed by atoms with Crippen molar-refractivity contribution in [3.8, 4) is 0 Å². The fourth-order valence-corrected chi connectivity index (χ4v) is 3.94. The van der Waals surface area contributed by atoms with Crippen LogP contribution in [0.25, 0.3) is 0 Å². The highest BCUT2D eigenvalue weighted by molar-refractivity contribution is 7.89. The average molecular weight is 438 g/mol. The second kappa shape index (κ2) is 8.65. The van der Waals surface area contributed by atoms with Crippen molar-refractivity contribution in [1.29, 1.82) is 0 Å². The molecule has 2 aromatic rings. The maximum absolute atomic E-state index is 12.6. The van der Waals surface area contributed by atoms with E-state index in [-0.39, 0.29) is 21.3 Å². The zero-order chi connectivity index (χ0) is 22.1. The molecule has 0 heterocycles. The van der Waals surface area contributed by atoms with Gasteiger partial charge in [0, 0.05) is 19.7 Å². The first-order chi connectivity index (χ1) is 13.4. The summed E-state index contributed by atoms with van der Waals surface area (Å²) in [6.07, 6.45) is 0. The summed E-state index contributed by atoms with van der Waals surface area (Å²) >= 11 is 6.04. The molecule has 0 N–H and O–H groups in total. The molecule has 0 radical (unpaired) electrons. The van der Waals surface area contributed by atoms with Crippen molar-refractivity contribution in [2.45, 2.75) is 32.6 Å². The molecule has 29 heavy (non-hydrogen) atoms. The summed E-state index contributed by atoms with van der Waals surface area (Å²) in [5, 5.41) is 0.0401. The normalized spacial score (nSPS) is 11.6. The van der Waals surface area contributed by atoms with E-state index in [1.807, 2.05) is 27.7 Å². The fraction of sp³-hybridized carbons (Fsp3) is 0.333. The summed E-state index contributed by atoms with van der Waals surface area (Å²) in [4.78, 5) is 25.0. The van der Waals surface area contributed by atoms with Crippen molar-refractivity contribution in [2.75, 3.05) is 20.7 Å². The number of hydrogen-bond donors (Lipinski definition) is 0. The van der Waals surface area contributed by atoms with Crippen LogP contribution in [0, 0.1) is 27.7 Å². The third kappa shape index (κ3) is 4.69. The number of carbonyl (C=O) groups excluding carboxylic acids is 2. The predicted octanol–water partition coefficient (Wildman–Crippen LogP) is 3.86. The van der Waals surface area contributed by atoms with Crippen LogP contribution in [-0.4, -0.2) is 45.2 Å². The van der Waals surface area contributed by atoms with Crippen LogP contribution >= 0.6 is 11.6 Å². The minimum absolute atomic E-state index is 0.0401. The van der Waals surface area contributed by atoms with Gasteiger partial charge in [0.25, 0.3) is 0 Å². The van der Waals surface area contributed by atoms with Crippen LogP contribution in [-0.2, 0) is 14.8 Å². The average Bonchev–Trinajstić information content (AvgIpc) is 2.66. The monoisotopic (exact) mass is 437 g/mol. The SMILES string of the molecule is Cc1cc(C(=O)COC(=O)c2cc(S(=O)(=O)N(C)C)ccc2Cl)c(C)c(C)c1C. The van der Waals surface area contributed by atoms with Gasteiger partial charge in [0.2, 0.25) is 15.8 Å². The number of ketones is 1. The first kappa shape index (κ1) is 23.1. The number of hydrogen-bond acceptors (Lipinski definition) is 5. The van der Waals surface area contributed by atoms with Gasteiger partial charge in [-0.1, -0.05) is 11.6 Å². The minimum atomic E-state index is -3.74. The van der Waals surface area contributed by atoms with E-state index in [4.69, 9.17) is 16.3 Å². The Labute approximate surface area is 176 Å². The smallest absolute Gasteiger partial charge is 0.340 e. The molecule has 2 aromatic carbocycles. The topological polar surface area (TPSA) is 80.8 Å². The van der Waals surface area contributed by atoms with E-state index >= 15 is 0 Å². The van der Waals surface area contributed by atoms with Gasteiger partial charge in [-0.2, -0.15) is 0 Å². The summed E-state index contributed by atoms with van der Waals surface area (Å²) in [6, 6.07) is 5.55. The van der Waals surface area contributed by atoms with Crippen molar-refractivity contribution >= 4 is 33.4 Å². The molecule has 6 nitrogen and oxygen atoms in total. The number of halogens is 1. The Morgan fingerprint density at radius 3 is 2.17 bits per heavy atom. The summed E-state index contributed by atoms with van der Waals surface area (Å²) in [7, 11) is -0.976. The minimum Gasteiger partial charge on any atom is -0.454 e. The molecular formula is C21H24ClNO5S. The number of aryl methyl sites for hydroxylation is 1. The van der Waals surface area contributed by atoms with Gasteiger partial charge in [0.15, 0.2) is 6.61 Å². The molecular weight excluding hydrogens is 414 g/mol. The molecule has 156 valence electrons. The van der Waals surface area contributed by atoms with Crippen molar-refractivity contribution in [1.82, 2.24) is 4.31 Å². The third-order valence-corrected chi connectivity index (χ3v) is 7.19. The van der Waals surface area contributed by atoms with E-state index in [9.17, 15) is 18.0 Å². The van der Waals surface area contributed by atoms with Crippen LogP contribution in [0.1, 0.15) is 43.0 Å². The number of benzene rings is 2. The number of Topliss-reactive ketones (excluding diaryl/α,β-unsaturated/α-hetero) is 1. The highest BCUT2D eigenvalue weighted by Crippen LogP contribution is 2.24. The van der Waals surface area contributed by atoms with E-state index in [2.05, 4.69) is 0 Å². The second-order valence-corrected chi connectivity index (χ2v) is 9.60. The Balaban J connectivity index is 2.25. The number of rotatable bonds is 6. The maximum atomic E-state index is 12.6. The molecule has 0 bridgehead atoms. The Morgan fingerprint density at radius 2 is 1.59 bits per heavy atom. The molecule has 0 aliphatic heterocycles. The first-order valence-corrected chi connectivity index (χ1v) is 10.7. The predicted molar refractivity (Wildman–Crippen MR) is 112 cm³/mol. The highest BCUT2D eigenvalue weighted by Gasteiger charge is 2.22. The molecule has 0 aliphatic carbocycles. The molecule has 8 heteroatoms. The molecule has 0 amide bonds. The zero-order valence-corrected chi connectivity index (χ0v) is 18.9. The van der Waals surface area contributed by atoms with Gasteiger partial charge >= 0.3 is 5.97 Å². The molecule has 0 spiro atoms. The number of esters is 1. The first-order valence-electron chi connectivity index (χ1n) is 8.87. The molecule has 0 fully saturated rings. The van der Waals surface area contributed by atoms with Crippen molar-refractivity contribution < 1.29 is 22.7 Å². The number of nitrogens with zero attached hydrogens (tertiary/aromatic N) is 1. The molecule has 2 rings (SSSR count). The molecule has 0 saturated heterocycles. The van der Waals surface area contributed by atoms with Crippen LogP contribution < -0.4 is 0 Å². The van der Waals surface area contributed by atoms with Crippen LogP contribution in [0.15, 0.2) is 29.2 Å². The Morgan fingerprint density at radius 1 is 0.966 bits per heavy atom. The van der Waals surface area contributed by atoms with E-state index in [0.29, 0.717) is 5.56 Å². The standard InChI is InChI=1S/C21H24ClNO5S/c1-12-9-17(15(4)14(3)13(12)2)20(24)11-28-21(25)18-10-16(7-8-19(18)22)29(26,27)23(5)6/h7-10H,11H2,1-6H3.